The number of carbonyl (C=O) groups is 3. The molecule has 2 fully saturated rings. The van der Waals surface area contributed by atoms with E-state index in [1.165, 1.54) is 11.6 Å². The van der Waals surface area contributed by atoms with E-state index >= 15 is 0 Å². The van der Waals surface area contributed by atoms with Crippen molar-refractivity contribution in [2.75, 3.05) is 19.7 Å². The molecule has 0 radical (unpaired) electrons. The lowest BCUT2D eigenvalue weighted by Crippen LogP contribution is -2.61. The van der Waals surface area contributed by atoms with E-state index in [4.69, 9.17) is 4.74 Å². The van der Waals surface area contributed by atoms with E-state index in [-0.39, 0.29) is 25.4 Å². The monoisotopic (exact) mass is 546 g/mol. The number of likely N-dealkylation sites (tertiary alicyclic amines) is 2. The van der Waals surface area contributed by atoms with Crippen molar-refractivity contribution in [2.45, 2.75) is 77.5 Å². The normalized spacial score (nSPS) is 23.2. The van der Waals surface area contributed by atoms with Crippen molar-refractivity contribution in [3.05, 3.63) is 97.1 Å². The van der Waals surface area contributed by atoms with Gasteiger partial charge in [0.05, 0.1) is 5.54 Å². The third-order valence-electron chi connectivity index (χ3n) is 7.84. The number of esters is 1. The van der Waals surface area contributed by atoms with Gasteiger partial charge in [0, 0.05) is 32.5 Å². The number of piperidine rings is 2. The average molecular weight is 547 g/mol. The molecule has 0 N–H and O–H groups in total. The highest BCUT2D eigenvalue weighted by Gasteiger charge is 2.49. The Kier molecular flexibility index (Phi) is 12.7. The fourth-order valence-corrected chi connectivity index (χ4v) is 5.34. The number of benzene rings is 2. The lowest BCUT2D eigenvalue weighted by atomic mass is 9.84. The number of hydrogen-bond acceptors (Lipinski definition) is 6. The minimum Gasteiger partial charge on any atom is -0.460 e. The fourth-order valence-electron chi connectivity index (χ4n) is 5.34. The van der Waals surface area contributed by atoms with E-state index in [1.807, 2.05) is 59.5 Å². The molecule has 6 heteroatoms. The lowest BCUT2D eigenvalue weighted by molar-refractivity contribution is -0.164. The van der Waals surface area contributed by atoms with Gasteiger partial charge in [0.2, 0.25) is 0 Å². The van der Waals surface area contributed by atoms with Gasteiger partial charge >= 0.3 is 5.97 Å². The summed E-state index contributed by atoms with van der Waals surface area (Å²) in [6, 6.07) is 20.2. The molecule has 1 unspecified atom stereocenters. The zero-order chi connectivity index (χ0) is 28.3. The maximum absolute atomic E-state index is 12.4. The molecule has 0 spiro atoms. The number of carbonyl (C=O) groups excluding carboxylic acids is 3. The first-order valence-corrected chi connectivity index (χ1v) is 13.8. The Labute approximate surface area is 240 Å². The minimum atomic E-state index is -1.20. The summed E-state index contributed by atoms with van der Waals surface area (Å²) in [6.07, 6.45) is 6.98. The van der Waals surface area contributed by atoms with Crippen molar-refractivity contribution in [3.8, 4) is 0 Å². The maximum atomic E-state index is 12.4. The van der Waals surface area contributed by atoms with E-state index < -0.39 is 11.5 Å². The largest absolute Gasteiger partial charge is 0.460 e. The van der Waals surface area contributed by atoms with E-state index in [1.54, 1.807) is 6.92 Å². The molecule has 0 aliphatic carbocycles. The molecule has 6 nitrogen and oxygen atoms in total. The van der Waals surface area contributed by atoms with Gasteiger partial charge in [-0.15, -0.1) is 6.58 Å². The average Bonchev–Trinajstić information content (AvgIpc) is 2.94. The van der Waals surface area contributed by atoms with E-state index in [0.717, 1.165) is 37.9 Å². The highest BCUT2D eigenvalue weighted by molar-refractivity contribution is 6.08. The molecule has 2 atom stereocenters. The summed E-state index contributed by atoms with van der Waals surface area (Å²) in [7, 11) is 0. The Balaban J connectivity index is 0.000000276. The van der Waals surface area contributed by atoms with Gasteiger partial charge in [0.25, 0.3) is 0 Å². The highest BCUT2D eigenvalue weighted by Crippen LogP contribution is 2.30. The van der Waals surface area contributed by atoms with Crippen molar-refractivity contribution in [2.24, 2.45) is 0 Å². The third kappa shape index (κ3) is 7.86. The summed E-state index contributed by atoms with van der Waals surface area (Å²) in [5.74, 6) is -0.202. The Morgan fingerprint density at radius 1 is 0.825 bits per heavy atom. The van der Waals surface area contributed by atoms with Crippen molar-refractivity contribution in [1.82, 2.24) is 9.80 Å². The number of ether oxygens (including phenoxy) is 1. The van der Waals surface area contributed by atoms with Gasteiger partial charge in [-0.2, -0.15) is 0 Å². The van der Waals surface area contributed by atoms with Crippen LogP contribution in [-0.2, 0) is 32.2 Å². The first-order chi connectivity index (χ1) is 18.8. The van der Waals surface area contributed by atoms with Crippen molar-refractivity contribution < 1.29 is 19.1 Å². The van der Waals surface area contributed by atoms with Gasteiger partial charge in [-0.3, -0.25) is 19.4 Å². The summed E-state index contributed by atoms with van der Waals surface area (Å²) in [5.41, 5.74) is 0.782. The molecule has 2 aromatic carbocycles. The molecular weight excluding hydrogens is 500 g/mol. The predicted octanol–water partition coefficient (Wildman–Crippen LogP) is 6.16. The van der Waals surface area contributed by atoms with Crippen LogP contribution in [0.1, 0.15) is 64.5 Å². The summed E-state index contributed by atoms with van der Waals surface area (Å²) in [6.45, 7) is 14.3. The van der Waals surface area contributed by atoms with Crippen LogP contribution in [0.25, 0.3) is 0 Å². The van der Waals surface area contributed by atoms with Crippen LogP contribution < -0.4 is 0 Å². The molecule has 2 heterocycles. The van der Waals surface area contributed by atoms with Gasteiger partial charge in [0.15, 0.2) is 17.1 Å². The molecule has 2 saturated heterocycles. The summed E-state index contributed by atoms with van der Waals surface area (Å²) >= 11 is 0. The molecule has 0 bridgehead atoms. The van der Waals surface area contributed by atoms with E-state index in [9.17, 15) is 14.4 Å². The van der Waals surface area contributed by atoms with Crippen LogP contribution in [0, 0.1) is 0 Å². The van der Waals surface area contributed by atoms with Gasteiger partial charge in [0.1, 0.15) is 6.61 Å². The molecule has 216 valence electrons. The van der Waals surface area contributed by atoms with Crippen molar-refractivity contribution >= 4 is 17.5 Å². The topological polar surface area (TPSA) is 66.9 Å². The predicted molar refractivity (Wildman–Crippen MR) is 162 cm³/mol. The summed E-state index contributed by atoms with van der Waals surface area (Å²) in [5, 5.41) is 0. The van der Waals surface area contributed by atoms with Crippen LogP contribution in [0.3, 0.4) is 0 Å². The first-order valence-electron chi connectivity index (χ1n) is 13.8. The fraction of sp³-hybridized carbons (Fsp3) is 0.441. The number of hydrogen-bond donors (Lipinski definition) is 0. The standard InChI is InChI=1S/C17H21NO3.C16H21NO.CH4/c1-3-12-21-16(20)17(2)15(19)10-7-11-18(17)13-14-8-5-4-6-9-14;1-3-11-16(2)15(18)10-7-12-17(16)13-14-8-5-4-6-9-14;/h3-6,8-9H,1,7,10-13H2,2H3;3-6,8-9H,1,7,10-13H2,2H3;1H4/t;16-;/m.0./s1. The molecule has 2 aliphatic rings. The van der Waals surface area contributed by atoms with Crippen molar-refractivity contribution in [3.63, 3.8) is 0 Å². The van der Waals surface area contributed by atoms with Gasteiger partial charge < -0.3 is 4.74 Å². The molecule has 0 saturated carbocycles. The summed E-state index contributed by atoms with van der Waals surface area (Å²) < 4.78 is 5.15. The van der Waals surface area contributed by atoms with Gasteiger partial charge in [-0.05, 0) is 50.8 Å². The SMILES string of the molecule is C.C=CCOC(=O)C1(C)C(=O)CCCN1Cc1ccccc1.C=CC[C@@]1(C)C(=O)CCCN1Cc1ccccc1. The van der Waals surface area contributed by atoms with Crippen molar-refractivity contribution in [1.29, 1.82) is 0 Å². The molecule has 0 amide bonds. The van der Waals surface area contributed by atoms with Gasteiger partial charge in [-0.1, -0.05) is 86.8 Å². The number of ketones is 2. The zero-order valence-electron chi connectivity index (χ0n) is 23.4. The van der Waals surface area contributed by atoms with Crippen LogP contribution in [0.15, 0.2) is 86.0 Å². The maximum Gasteiger partial charge on any atom is 0.334 e. The Hall–Kier alpha value is -3.35. The number of nitrogens with zero attached hydrogens (tertiary/aromatic N) is 2. The highest BCUT2D eigenvalue weighted by atomic mass is 16.5. The zero-order valence-corrected chi connectivity index (χ0v) is 23.4. The first kappa shape index (κ1) is 32.9. The van der Waals surface area contributed by atoms with Gasteiger partial charge in [-0.25, -0.2) is 4.79 Å². The second-order valence-electron chi connectivity index (χ2n) is 10.6. The number of rotatable bonds is 9. The second kappa shape index (κ2) is 15.4. The molecule has 2 aliphatic heterocycles. The van der Waals surface area contributed by atoms with Crippen LogP contribution >= 0.6 is 0 Å². The van der Waals surface area contributed by atoms with E-state index in [2.05, 4.69) is 37.1 Å². The molecule has 2 aromatic rings. The molecule has 0 aromatic heterocycles. The molecule has 40 heavy (non-hydrogen) atoms. The second-order valence-corrected chi connectivity index (χ2v) is 10.6. The smallest absolute Gasteiger partial charge is 0.334 e. The van der Waals surface area contributed by atoms with Crippen LogP contribution in [-0.4, -0.2) is 58.1 Å². The molecular formula is C34H46N2O4. The Morgan fingerprint density at radius 3 is 1.85 bits per heavy atom. The van der Waals surface area contributed by atoms with Crippen LogP contribution in [0.2, 0.25) is 0 Å². The van der Waals surface area contributed by atoms with Crippen LogP contribution in [0.5, 0.6) is 0 Å². The lowest BCUT2D eigenvalue weighted by Gasteiger charge is -2.43. The number of Topliss-reactive ketones (excluding diaryl/α,β-unsaturated/α-hetero) is 2. The third-order valence-corrected chi connectivity index (χ3v) is 7.84. The Morgan fingerprint density at radius 2 is 1.32 bits per heavy atom. The quantitative estimate of drug-likeness (QED) is 0.213. The van der Waals surface area contributed by atoms with E-state index in [0.29, 0.717) is 31.7 Å². The molecule has 4 rings (SSSR count). The minimum absolute atomic E-state index is 0. The Bertz CT molecular complexity index is 1130. The summed E-state index contributed by atoms with van der Waals surface area (Å²) in [4.78, 5) is 41.1. The van der Waals surface area contributed by atoms with Crippen LogP contribution in [0.4, 0.5) is 0 Å².